The van der Waals surface area contributed by atoms with Gasteiger partial charge in [0.1, 0.15) is 0 Å². The van der Waals surface area contributed by atoms with Crippen LogP contribution in [-0.4, -0.2) is 18.1 Å². The van der Waals surface area contributed by atoms with Gasteiger partial charge in [-0.2, -0.15) is 0 Å². The van der Waals surface area contributed by atoms with Crippen LogP contribution >= 0.6 is 0 Å². The van der Waals surface area contributed by atoms with Crippen LogP contribution in [0.25, 0.3) is 0 Å². The molecule has 3 nitrogen and oxygen atoms in total. The fourth-order valence-corrected chi connectivity index (χ4v) is 2.04. The summed E-state index contributed by atoms with van der Waals surface area (Å²) in [6.07, 6.45) is 4.87. The fourth-order valence-electron chi connectivity index (χ4n) is 2.04. The molecule has 3 heteroatoms. The molecular weight excluding hydrogens is 250 g/mol. The minimum absolute atomic E-state index is 0.0844. The number of hydrogen-bond donors (Lipinski definition) is 1. The van der Waals surface area contributed by atoms with E-state index in [-0.39, 0.29) is 12.1 Å². The first-order valence-electron chi connectivity index (χ1n) is 7.60. The smallest absolute Gasteiger partial charge is 0.338 e. The topological polar surface area (TPSA) is 38.3 Å². The number of carbonyl (C=O) groups is 1. The highest BCUT2D eigenvalue weighted by atomic mass is 16.5. The Bertz CT molecular complexity index is 398. The van der Waals surface area contributed by atoms with Crippen molar-refractivity contribution in [2.24, 2.45) is 0 Å². The van der Waals surface area contributed by atoms with Crippen molar-refractivity contribution in [3.8, 4) is 0 Å². The second-order valence-corrected chi connectivity index (χ2v) is 5.57. The van der Waals surface area contributed by atoms with Crippen LogP contribution in [-0.2, 0) is 4.74 Å². The Morgan fingerprint density at radius 1 is 1.15 bits per heavy atom. The van der Waals surface area contributed by atoms with Gasteiger partial charge in [-0.1, -0.05) is 26.2 Å². The van der Waals surface area contributed by atoms with Crippen molar-refractivity contribution < 1.29 is 9.53 Å². The lowest BCUT2D eigenvalue weighted by Crippen LogP contribution is -2.15. The van der Waals surface area contributed by atoms with Crippen molar-refractivity contribution in [1.82, 2.24) is 0 Å². The molecule has 0 bridgehead atoms. The van der Waals surface area contributed by atoms with Gasteiger partial charge in [-0.15, -0.1) is 0 Å². The molecule has 0 saturated carbocycles. The maximum absolute atomic E-state index is 11.7. The number of rotatable bonds is 8. The van der Waals surface area contributed by atoms with Gasteiger partial charge in [-0.3, -0.25) is 0 Å². The highest BCUT2D eigenvalue weighted by molar-refractivity contribution is 5.89. The quantitative estimate of drug-likeness (QED) is 0.556. The fraction of sp³-hybridized carbons (Fsp3) is 0.588. The Balaban J connectivity index is 2.47. The number of carbonyl (C=O) groups excluding carboxylic acids is 1. The molecule has 1 N–H and O–H groups in total. The van der Waals surface area contributed by atoms with Gasteiger partial charge in [0.15, 0.2) is 0 Å². The molecule has 0 fully saturated rings. The maximum Gasteiger partial charge on any atom is 0.338 e. The van der Waals surface area contributed by atoms with Gasteiger partial charge in [-0.25, -0.2) is 4.79 Å². The first-order chi connectivity index (χ1) is 9.52. The Morgan fingerprint density at radius 2 is 1.80 bits per heavy atom. The summed E-state index contributed by atoms with van der Waals surface area (Å²) in [5.41, 5.74) is 1.65. The maximum atomic E-state index is 11.7. The Kier molecular flexibility index (Phi) is 7.13. The second kappa shape index (κ2) is 8.62. The van der Waals surface area contributed by atoms with Gasteiger partial charge >= 0.3 is 5.97 Å². The van der Waals surface area contributed by atoms with E-state index in [1.54, 1.807) is 0 Å². The molecule has 0 amide bonds. The van der Waals surface area contributed by atoms with Crippen LogP contribution in [0, 0.1) is 0 Å². The average Bonchev–Trinajstić information content (AvgIpc) is 2.39. The lowest BCUT2D eigenvalue weighted by atomic mass is 10.1. The molecule has 0 aliphatic carbocycles. The van der Waals surface area contributed by atoms with Crippen molar-refractivity contribution in [2.45, 2.75) is 65.5 Å². The zero-order chi connectivity index (χ0) is 15.0. The van der Waals surface area contributed by atoms with E-state index in [1.165, 1.54) is 25.7 Å². The third kappa shape index (κ3) is 6.09. The SMILES string of the molecule is CCCCCC(C)Nc1ccc(C(=O)OC(C)C)cc1. The van der Waals surface area contributed by atoms with Gasteiger partial charge in [0.2, 0.25) is 0 Å². The van der Waals surface area contributed by atoms with Crippen molar-refractivity contribution >= 4 is 11.7 Å². The zero-order valence-electron chi connectivity index (χ0n) is 13.1. The molecule has 1 atom stereocenters. The summed E-state index contributed by atoms with van der Waals surface area (Å²) < 4.78 is 5.16. The predicted octanol–water partition coefficient (Wildman–Crippen LogP) is 4.63. The predicted molar refractivity (Wildman–Crippen MR) is 84.2 cm³/mol. The summed E-state index contributed by atoms with van der Waals surface area (Å²) in [6.45, 7) is 8.11. The number of nitrogens with one attached hydrogen (secondary N) is 1. The third-order valence-electron chi connectivity index (χ3n) is 3.12. The van der Waals surface area contributed by atoms with Crippen LogP contribution in [0.1, 0.15) is 63.7 Å². The van der Waals surface area contributed by atoms with E-state index in [4.69, 9.17) is 4.74 Å². The van der Waals surface area contributed by atoms with Gasteiger partial charge in [0.05, 0.1) is 11.7 Å². The lowest BCUT2D eigenvalue weighted by molar-refractivity contribution is 0.0378. The standard InChI is InChI=1S/C17H27NO2/c1-5-6-7-8-14(4)18-16-11-9-15(10-12-16)17(19)20-13(2)3/h9-14,18H,5-8H2,1-4H3. The molecule has 1 unspecified atom stereocenters. The number of esters is 1. The Hall–Kier alpha value is -1.51. The Morgan fingerprint density at radius 3 is 2.35 bits per heavy atom. The van der Waals surface area contributed by atoms with E-state index in [9.17, 15) is 4.79 Å². The van der Waals surface area contributed by atoms with E-state index in [1.807, 2.05) is 38.1 Å². The normalized spacial score (nSPS) is 12.2. The summed E-state index contributed by atoms with van der Waals surface area (Å²) in [6, 6.07) is 7.95. The highest BCUT2D eigenvalue weighted by Crippen LogP contribution is 2.14. The minimum Gasteiger partial charge on any atom is -0.459 e. The van der Waals surface area contributed by atoms with Crippen molar-refractivity contribution in [2.75, 3.05) is 5.32 Å². The molecule has 1 aromatic carbocycles. The highest BCUT2D eigenvalue weighted by Gasteiger charge is 2.09. The molecule has 0 spiro atoms. The van der Waals surface area contributed by atoms with Crippen molar-refractivity contribution in [3.63, 3.8) is 0 Å². The second-order valence-electron chi connectivity index (χ2n) is 5.57. The number of ether oxygens (including phenoxy) is 1. The largest absolute Gasteiger partial charge is 0.459 e. The number of unbranched alkanes of at least 4 members (excludes halogenated alkanes) is 2. The van der Waals surface area contributed by atoms with Crippen LogP contribution in [0.5, 0.6) is 0 Å². The molecule has 1 aromatic rings. The summed E-state index contributed by atoms with van der Waals surface area (Å²) >= 11 is 0. The monoisotopic (exact) mass is 277 g/mol. The van der Waals surface area contributed by atoms with Crippen LogP contribution in [0.3, 0.4) is 0 Å². The molecule has 0 aliphatic rings. The van der Waals surface area contributed by atoms with Crippen LogP contribution < -0.4 is 5.32 Å². The molecule has 0 aliphatic heterocycles. The number of hydrogen-bond acceptors (Lipinski definition) is 3. The molecule has 112 valence electrons. The first-order valence-corrected chi connectivity index (χ1v) is 7.60. The Labute approximate surface area is 122 Å². The van der Waals surface area contributed by atoms with E-state index in [0.29, 0.717) is 11.6 Å². The molecule has 0 radical (unpaired) electrons. The van der Waals surface area contributed by atoms with E-state index >= 15 is 0 Å². The van der Waals surface area contributed by atoms with Crippen molar-refractivity contribution in [3.05, 3.63) is 29.8 Å². The first kappa shape index (κ1) is 16.5. The molecular formula is C17H27NO2. The summed E-state index contributed by atoms with van der Waals surface area (Å²) in [7, 11) is 0. The summed E-state index contributed by atoms with van der Waals surface area (Å²) in [4.78, 5) is 11.7. The molecule has 20 heavy (non-hydrogen) atoms. The molecule has 0 saturated heterocycles. The number of benzene rings is 1. The number of anilines is 1. The van der Waals surface area contributed by atoms with E-state index < -0.39 is 0 Å². The van der Waals surface area contributed by atoms with Gasteiger partial charge in [0.25, 0.3) is 0 Å². The van der Waals surface area contributed by atoms with E-state index in [0.717, 1.165) is 5.69 Å². The average molecular weight is 277 g/mol. The van der Waals surface area contributed by atoms with Crippen LogP contribution in [0.2, 0.25) is 0 Å². The van der Waals surface area contributed by atoms with Crippen LogP contribution in [0.4, 0.5) is 5.69 Å². The summed E-state index contributed by atoms with van der Waals surface area (Å²) in [5.74, 6) is -0.262. The van der Waals surface area contributed by atoms with Gasteiger partial charge in [-0.05, 0) is 51.5 Å². The van der Waals surface area contributed by atoms with Gasteiger partial charge < -0.3 is 10.1 Å². The minimum atomic E-state index is -0.262. The zero-order valence-corrected chi connectivity index (χ0v) is 13.1. The van der Waals surface area contributed by atoms with Crippen molar-refractivity contribution in [1.29, 1.82) is 0 Å². The molecule has 0 heterocycles. The van der Waals surface area contributed by atoms with Crippen LogP contribution in [0.15, 0.2) is 24.3 Å². The lowest BCUT2D eigenvalue weighted by Gasteiger charge is -2.15. The molecule has 0 aromatic heterocycles. The molecule has 1 rings (SSSR count). The van der Waals surface area contributed by atoms with E-state index in [2.05, 4.69) is 19.2 Å². The summed E-state index contributed by atoms with van der Waals surface area (Å²) in [5, 5.41) is 3.46. The van der Waals surface area contributed by atoms with Gasteiger partial charge in [0, 0.05) is 11.7 Å². The third-order valence-corrected chi connectivity index (χ3v) is 3.12.